The van der Waals surface area contributed by atoms with Crippen molar-refractivity contribution in [2.24, 2.45) is 0 Å². The summed E-state index contributed by atoms with van der Waals surface area (Å²) < 4.78 is 18.3. The fraction of sp³-hybridized carbons (Fsp3) is 0.571. The third kappa shape index (κ3) is 6.13. The van der Waals surface area contributed by atoms with Gasteiger partial charge in [-0.25, -0.2) is 14.2 Å². The van der Waals surface area contributed by atoms with Crippen molar-refractivity contribution in [3.8, 4) is 0 Å². The van der Waals surface area contributed by atoms with Gasteiger partial charge in [0.1, 0.15) is 11.7 Å². The van der Waals surface area contributed by atoms with Gasteiger partial charge in [-0.3, -0.25) is 0 Å². The second-order valence-electron chi connectivity index (χ2n) is 5.77. The number of hydrogen-bond donors (Lipinski definition) is 3. The molecule has 0 aliphatic heterocycles. The predicted molar refractivity (Wildman–Crippen MR) is 79.0 cm³/mol. The summed E-state index contributed by atoms with van der Waals surface area (Å²) in [5, 5.41) is 21.9. The van der Waals surface area contributed by atoms with Gasteiger partial charge in [-0.1, -0.05) is 11.6 Å². The van der Waals surface area contributed by atoms with Crippen LogP contribution in [0.15, 0.2) is 12.3 Å². The maximum Gasteiger partial charge on any atom is 0.407 e. The molecular weight excluding hydrogens is 315 g/mol. The Kier molecular flexibility index (Phi) is 6.52. The zero-order valence-corrected chi connectivity index (χ0v) is 13.4. The highest BCUT2D eigenvalue weighted by Gasteiger charge is 2.21. The molecule has 1 aromatic heterocycles. The first kappa shape index (κ1) is 18.6. The summed E-state index contributed by atoms with van der Waals surface area (Å²) in [6.07, 6.45) is -1.91. The Labute approximate surface area is 133 Å². The van der Waals surface area contributed by atoms with Crippen molar-refractivity contribution in [2.45, 2.75) is 45.0 Å². The summed E-state index contributed by atoms with van der Waals surface area (Å²) >= 11 is 5.44. The van der Waals surface area contributed by atoms with E-state index in [0.717, 1.165) is 6.07 Å². The van der Waals surface area contributed by atoms with Gasteiger partial charge >= 0.3 is 6.09 Å². The molecule has 8 heteroatoms. The van der Waals surface area contributed by atoms with Crippen molar-refractivity contribution < 1.29 is 24.1 Å². The number of rotatable bonds is 5. The molecule has 0 bridgehead atoms. The van der Waals surface area contributed by atoms with Gasteiger partial charge in [-0.2, -0.15) is 0 Å². The van der Waals surface area contributed by atoms with Crippen molar-refractivity contribution in [3.05, 3.63) is 28.8 Å². The summed E-state index contributed by atoms with van der Waals surface area (Å²) in [4.78, 5) is 15.0. The number of pyridine rings is 1. The van der Waals surface area contributed by atoms with Crippen LogP contribution in [0.3, 0.4) is 0 Å². The lowest BCUT2D eigenvalue weighted by Crippen LogP contribution is -2.34. The Balaban J connectivity index is 2.46. The third-order valence-corrected chi connectivity index (χ3v) is 2.91. The number of amides is 1. The molecule has 1 aromatic rings. The van der Waals surface area contributed by atoms with E-state index in [1.165, 1.54) is 6.20 Å². The first-order valence-electron chi connectivity index (χ1n) is 6.74. The van der Waals surface area contributed by atoms with Crippen LogP contribution >= 0.6 is 11.6 Å². The number of aromatic nitrogens is 1. The van der Waals surface area contributed by atoms with Gasteiger partial charge in [0.05, 0.1) is 6.10 Å². The molecule has 0 aliphatic carbocycles. The Hall–Kier alpha value is -1.44. The van der Waals surface area contributed by atoms with Crippen LogP contribution < -0.4 is 5.32 Å². The number of hydrogen-bond acceptors (Lipinski definition) is 5. The topological polar surface area (TPSA) is 91.7 Å². The van der Waals surface area contributed by atoms with E-state index in [1.807, 2.05) is 0 Å². The molecule has 1 heterocycles. The molecule has 3 N–H and O–H groups in total. The molecule has 2 atom stereocenters. The fourth-order valence-electron chi connectivity index (χ4n) is 1.61. The Morgan fingerprint density at radius 2 is 2.14 bits per heavy atom. The first-order chi connectivity index (χ1) is 10.1. The standard InChI is InChI=1S/C14H20ClFN2O4/c1-14(2,3)22-13(21)17-5-4-10(19)11(20)8-6-9(16)12(15)18-7-8/h6-7,10-11,19-20H,4-5H2,1-3H3,(H,17,21). The largest absolute Gasteiger partial charge is 0.444 e. The van der Waals surface area contributed by atoms with Gasteiger partial charge < -0.3 is 20.3 Å². The summed E-state index contributed by atoms with van der Waals surface area (Å²) in [7, 11) is 0. The number of nitrogens with zero attached hydrogens (tertiary/aromatic N) is 1. The van der Waals surface area contributed by atoms with Crippen LogP contribution in [0.1, 0.15) is 38.9 Å². The van der Waals surface area contributed by atoms with Crippen molar-refractivity contribution in [1.82, 2.24) is 10.3 Å². The Morgan fingerprint density at radius 3 is 2.68 bits per heavy atom. The van der Waals surface area contributed by atoms with Gasteiger partial charge in [0, 0.05) is 18.3 Å². The molecular formula is C14H20ClFN2O4. The van der Waals surface area contributed by atoms with Crippen LogP contribution in [0.5, 0.6) is 0 Å². The molecule has 0 fully saturated rings. The number of nitrogens with one attached hydrogen (secondary N) is 1. The molecule has 0 aliphatic rings. The number of ether oxygens (including phenoxy) is 1. The summed E-state index contributed by atoms with van der Waals surface area (Å²) in [5.74, 6) is -0.780. The van der Waals surface area contributed by atoms with Gasteiger partial charge in [0.2, 0.25) is 0 Å². The lowest BCUT2D eigenvalue weighted by molar-refractivity contribution is 0.0120. The summed E-state index contributed by atoms with van der Waals surface area (Å²) in [6.45, 7) is 5.28. The van der Waals surface area contributed by atoms with E-state index in [0.29, 0.717) is 0 Å². The van der Waals surface area contributed by atoms with Gasteiger partial charge in [-0.15, -0.1) is 0 Å². The minimum absolute atomic E-state index is 0.0602. The Bertz CT molecular complexity index is 522. The molecule has 6 nitrogen and oxygen atoms in total. The second-order valence-corrected chi connectivity index (χ2v) is 6.13. The van der Waals surface area contributed by atoms with E-state index in [2.05, 4.69) is 10.3 Å². The summed E-state index contributed by atoms with van der Waals surface area (Å²) in [5.41, 5.74) is -0.513. The third-order valence-electron chi connectivity index (χ3n) is 2.63. The number of aliphatic hydroxyl groups excluding tert-OH is 2. The zero-order chi connectivity index (χ0) is 16.9. The monoisotopic (exact) mass is 334 g/mol. The molecule has 0 radical (unpaired) electrons. The number of aliphatic hydroxyl groups is 2. The van der Waals surface area contributed by atoms with Crippen LogP contribution in [-0.2, 0) is 4.74 Å². The van der Waals surface area contributed by atoms with Crippen LogP contribution in [0.2, 0.25) is 5.15 Å². The second kappa shape index (κ2) is 7.71. The number of carbonyl (C=O) groups excluding carboxylic acids is 1. The van der Waals surface area contributed by atoms with Crippen LogP contribution in [0.25, 0.3) is 0 Å². The smallest absolute Gasteiger partial charge is 0.407 e. The molecule has 1 rings (SSSR count). The lowest BCUT2D eigenvalue weighted by Gasteiger charge is -2.21. The number of alkyl carbamates (subject to hydrolysis) is 1. The number of halogens is 2. The molecule has 0 spiro atoms. The van der Waals surface area contributed by atoms with E-state index in [4.69, 9.17) is 16.3 Å². The SMILES string of the molecule is CC(C)(C)OC(=O)NCCC(O)C(O)c1cnc(Cl)c(F)c1. The van der Waals surface area contributed by atoms with E-state index < -0.39 is 29.7 Å². The molecule has 0 saturated carbocycles. The highest BCUT2D eigenvalue weighted by atomic mass is 35.5. The van der Waals surface area contributed by atoms with Crippen molar-refractivity contribution in [3.63, 3.8) is 0 Å². The predicted octanol–water partition coefficient (Wildman–Crippen LogP) is 2.18. The average molecular weight is 335 g/mol. The highest BCUT2D eigenvalue weighted by Crippen LogP contribution is 2.21. The van der Waals surface area contributed by atoms with Crippen molar-refractivity contribution in [1.29, 1.82) is 0 Å². The molecule has 2 unspecified atom stereocenters. The summed E-state index contributed by atoms with van der Waals surface area (Å²) in [6, 6.07) is 1.00. The van der Waals surface area contributed by atoms with Crippen molar-refractivity contribution in [2.75, 3.05) is 6.54 Å². The van der Waals surface area contributed by atoms with Crippen LogP contribution in [0, 0.1) is 5.82 Å². The van der Waals surface area contributed by atoms with E-state index in [9.17, 15) is 19.4 Å². The minimum Gasteiger partial charge on any atom is -0.444 e. The maximum absolute atomic E-state index is 13.3. The van der Waals surface area contributed by atoms with Gasteiger partial charge in [-0.05, 0) is 33.3 Å². The zero-order valence-electron chi connectivity index (χ0n) is 12.6. The Morgan fingerprint density at radius 1 is 1.50 bits per heavy atom. The van der Waals surface area contributed by atoms with Crippen LogP contribution in [0.4, 0.5) is 9.18 Å². The number of carbonyl (C=O) groups is 1. The highest BCUT2D eigenvalue weighted by molar-refractivity contribution is 6.29. The molecule has 22 heavy (non-hydrogen) atoms. The van der Waals surface area contributed by atoms with E-state index >= 15 is 0 Å². The quantitative estimate of drug-likeness (QED) is 0.718. The van der Waals surface area contributed by atoms with E-state index in [-0.39, 0.29) is 23.7 Å². The van der Waals surface area contributed by atoms with Gasteiger partial charge in [0.15, 0.2) is 11.0 Å². The normalized spacial score (nSPS) is 14.3. The van der Waals surface area contributed by atoms with Crippen LogP contribution in [-0.4, -0.2) is 39.5 Å². The molecule has 124 valence electrons. The maximum atomic E-state index is 13.3. The average Bonchev–Trinajstić information content (AvgIpc) is 2.38. The molecule has 0 saturated heterocycles. The van der Waals surface area contributed by atoms with Gasteiger partial charge in [0.25, 0.3) is 0 Å². The fourth-order valence-corrected chi connectivity index (χ4v) is 1.72. The first-order valence-corrected chi connectivity index (χ1v) is 7.12. The lowest BCUT2D eigenvalue weighted by atomic mass is 10.0. The molecule has 1 amide bonds. The van der Waals surface area contributed by atoms with E-state index in [1.54, 1.807) is 20.8 Å². The minimum atomic E-state index is -1.33. The molecule has 0 aromatic carbocycles. The van der Waals surface area contributed by atoms with Crippen molar-refractivity contribution >= 4 is 17.7 Å².